The van der Waals surface area contributed by atoms with Crippen LogP contribution in [0, 0.1) is 0 Å². The third-order valence-corrected chi connectivity index (χ3v) is 4.74. The van der Waals surface area contributed by atoms with Crippen LogP contribution in [0.3, 0.4) is 0 Å². The number of ether oxygens (including phenoxy) is 1. The molecule has 3 N–H and O–H groups in total. The first-order valence-electron chi connectivity index (χ1n) is 9.70. The van der Waals surface area contributed by atoms with Crippen LogP contribution in [0.25, 0.3) is 11.3 Å². The van der Waals surface area contributed by atoms with Crippen molar-refractivity contribution in [3.8, 4) is 17.0 Å². The van der Waals surface area contributed by atoms with Crippen LogP contribution in [0.2, 0.25) is 10.0 Å². The van der Waals surface area contributed by atoms with Gasteiger partial charge in [0.15, 0.2) is 5.82 Å². The minimum atomic E-state index is -4.79. The largest absolute Gasteiger partial charge is 0.573 e. The summed E-state index contributed by atoms with van der Waals surface area (Å²) in [6, 6.07) is 12.1. The molecule has 0 radical (unpaired) electrons. The van der Waals surface area contributed by atoms with Gasteiger partial charge in [-0.2, -0.15) is 4.98 Å². The van der Waals surface area contributed by atoms with E-state index in [4.69, 9.17) is 23.2 Å². The Morgan fingerprint density at radius 1 is 1.00 bits per heavy atom. The van der Waals surface area contributed by atoms with Crippen molar-refractivity contribution in [2.24, 2.45) is 0 Å². The lowest BCUT2D eigenvalue weighted by Crippen LogP contribution is -2.22. The molecule has 2 aromatic carbocycles. The lowest BCUT2D eigenvalue weighted by molar-refractivity contribution is -0.274. The van der Waals surface area contributed by atoms with Crippen molar-refractivity contribution in [2.75, 3.05) is 43.4 Å². The van der Waals surface area contributed by atoms with E-state index in [2.05, 4.69) is 30.9 Å². The Hall–Kier alpha value is -2.95. The average Bonchev–Trinajstić information content (AvgIpc) is 2.72. The van der Waals surface area contributed by atoms with Gasteiger partial charge in [0.05, 0.1) is 16.4 Å². The maximum atomic E-state index is 12.6. The molecular weight excluding hydrogens is 480 g/mol. The Labute approximate surface area is 198 Å². The van der Waals surface area contributed by atoms with Crippen molar-refractivity contribution in [3.05, 3.63) is 58.6 Å². The Balaban J connectivity index is 1.88. The van der Waals surface area contributed by atoms with E-state index in [0.29, 0.717) is 45.3 Å². The lowest BCUT2D eigenvalue weighted by Gasteiger charge is -2.15. The predicted octanol–water partition coefficient (Wildman–Crippen LogP) is 5.76. The number of hydrazine groups is 1. The molecule has 1 aromatic heterocycles. The summed E-state index contributed by atoms with van der Waals surface area (Å²) >= 11 is 12.1. The van der Waals surface area contributed by atoms with Crippen LogP contribution >= 0.6 is 23.2 Å². The normalized spacial score (nSPS) is 11.4. The minimum Gasteiger partial charge on any atom is -0.406 e. The molecule has 0 fully saturated rings. The van der Waals surface area contributed by atoms with Crippen LogP contribution < -0.4 is 20.9 Å². The molecule has 176 valence electrons. The zero-order valence-electron chi connectivity index (χ0n) is 17.7. The van der Waals surface area contributed by atoms with Crippen molar-refractivity contribution < 1.29 is 17.9 Å². The second-order valence-corrected chi connectivity index (χ2v) is 7.99. The molecule has 0 atom stereocenters. The monoisotopic (exact) mass is 500 g/mol. The Bertz CT molecular complexity index is 1100. The molecule has 3 aromatic rings. The molecule has 12 heteroatoms. The summed E-state index contributed by atoms with van der Waals surface area (Å²) < 4.78 is 41.9. The second kappa shape index (κ2) is 10.8. The topological polar surface area (TPSA) is 74.3 Å². The summed E-state index contributed by atoms with van der Waals surface area (Å²) in [6.45, 7) is 1.29. The molecule has 0 aliphatic carbocycles. The number of hydrogen-bond acceptors (Lipinski definition) is 7. The third kappa shape index (κ3) is 7.85. The third-order valence-electron chi connectivity index (χ3n) is 4.19. The number of rotatable bonds is 9. The van der Waals surface area contributed by atoms with Gasteiger partial charge in [-0.05, 0) is 44.4 Å². The van der Waals surface area contributed by atoms with Gasteiger partial charge < -0.3 is 15.0 Å². The molecule has 3 rings (SSSR count). The molecule has 33 heavy (non-hydrogen) atoms. The smallest absolute Gasteiger partial charge is 0.406 e. The summed E-state index contributed by atoms with van der Waals surface area (Å²) in [4.78, 5) is 10.8. The second-order valence-electron chi connectivity index (χ2n) is 7.14. The zero-order chi connectivity index (χ0) is 24.0. The van der Waals surface area contributed by atoms with Crippen LogP contribution in [0.15, 0.2) is 48.5 Å². The van der Waals surface area contributed by atoms with Gasteiger partial charge in [0.1, 0.15) is 5.75 Å². The highest BCUT2D eigenvalue weighted by atomic mass is 35.5. The Morgan fingerprint density at radius 2 is 1.79 bits per heavy atom. The molecule has 0 aliphatic heterocycles. The van der Waals surface area contributed by atoms with Crippen LogP contribution in [-0.4, -0.2) is 48.4 Å². The predicted molar refractivity (Wildman–Crippen MR) is 125 cm³/mol. The molecule has 0 spiro atoms. The number of likely N-dealkylation sites (N-methyl/N-ethyl adjacent to an activating group) is 1. The van der Waals surface area contributed by atoms with E-state index in [-0.39, 0.29) is 5.75 Å². The number of hydrogen-bond donors (Lipinski definition) is 3. The summed E-state index contributed by atoms with van der Waals surface area (Å²) in [7, 11) is 3.86. The Morgan fingerprint density at radius 3 is 2.48 bits per heavy atom. The van der Waals surface area contributed by atoms with Crippen molar-refractivity contribution in [2.45, 2.75) is 6.36 Å². The highest BCUT2D eigenvalue weighted by molar-refractivity contribution is 6.36. The van der Waals surface area contributed by atoms with Crippen molar-refractivity contribution >= 4 is 40.7 Å². The maximum Gasteiger partial charge on any atom is 0.573 e. The summed E-state index contributed by atoms with van der Waals surface area (Å²) in [5.74, 6) is 0.310. The quantitative estimate of drug-likeness (QED) is 0.322. The summed E-state index contributed by atoms with van der Waals surface area (Å²) in [6.07, 6.45) is -4.79. The number of halogens is 5. The minimum absolute atomic E-state index is 0.294. The standard InChI is InChI=1S/C21H21Cl2F3N6O/c1-32(2)9-8-27-20-28-18(13-4-3-5-15(10-13)33-21(24,25)26)12-19(29-20)31-30-17-7-6-14(22)11-16(17)23/h3-7,10-12,30H,8-9H2,1-2H3,(H2,27,28,29,31). The van der Waals surface area contributed by atoms with Crippen LogP contribution in [-0.2, 0) is 0 Å². The summed E-state index contributed by atoms with van der Waals surface area (Å²) in [5, 5.41) is 3.99. The van der Waals surface area contributed by atoms with E-state index in [1.807, 2.05) is 19.0 Å². The van der Waals surface area contributed by atoms with Gasteiger partial charge in [-0.25, -0.2) is 4.98 Å². The van der Waals surface area contributed by atoms with E-state index in [1.54, 1.807) is 30.3 Å². The molecule has 0 saturated carbocycles. The van der Waals surface area contributed by atoms with E-state index in [1.165, 1.54) is 18.2 Å². The average molecular weight is 501 g/mol. The molecule has 0 bridgehead atoms. The fourth-order valence-electron chi connectivity index (χ4n) is 2.70. The fraction of sp³-hybridized carbons (Fsp3) is 0.238. The summed E-state index contributed by atoms with van der Waals surface area (Å²) in [5.41, 5.74) is 7.24. The van der Waals surface area contributed by atoms with E-state index < -0.39 is 6.36 Å². The fourth-order valence-corrected chi connectivity index (χ4v) is 3.16. The molecular formula is C21H21Cl2F3N6O. The van der Waals surface area contributed by atoms with Crippen molar-refractivity contribution in [3.63, 3.8) is 0 Å². The van der Waals surface area contributed by atoms with E-state index in [0.717, 1.165) is 6.54 Å². The molecule has 0 unspecified atom stereocenters. The first-order chi connectivity index (χ1) is 15.6. The van der Waals surface area contributed by atoms with Crippen LogP contribution in [0.5, 0.6) is 5.75 Å². The number of nitrogens with one attached hydrogen (secondary N) is 3. The first-order valence-corrected chi connectivity index (χ1v) is 10.5. The lowest BCUT2D eigenvalue weighted by atomic mass is 10.1. The highest BCUT2D eigenvalue weighted by Crippen LogP contribution is 2.29. The molecule has 0 amide bonds. The van der Waals surface area contributed by atoms with Gasteiger partial charge in [-0.3, -0.25) is 10.9 Å². The number of anilines is 3. The first kappa shape index (κ1) is 24.7. The van der Waals surface area contributed by atoms with E-state index >= 15 is 0 Å². The molecule has 0 aliphatic rings. The van der Waals surface area contributed by atoms with Crippen LogP contribution in [0.4, 0.5) is 30.6 Å². The van der Waals surface area contributed by atoms with Gasteiger partial charge in [0, 0.05) is 29.7 Å². The van der Waals surface area contributed by atoms with Crippen LogP contribution in [0.1, 0.15) is 0 Å². The Kier molecular flexibility index (Phi) is 8.06. The molecule has 0 saturated heterocycles. The number of aromatic nitrogens is 2. The molecule has 7 nitrogen and oxygen atoms in total. The van der Waals surface area contributed by atoms with Gasteiger partial charge in [-0.15, -0.1) is 13.2 Å². The van der Waals surface area contributed by atoms with Gasteiger partial charge in [0.2, 0.25) is 5.95 Å². The van der Waals surface area contributed by atoms with Crippen molar-refractivity contribution in [1.82, 2.24) is 14.9 Å². The van der Waals surface area contributed by atoms with Gasteiger partial charge in [-0.1, -0.05) is 35.3 Å². The molecule has 1 heterocycles. The maximum absolute atomic E-state index is 12.6. The van der Waals surface area contributed by atoms with Crippen molar-refractivity contribution in [1.29, 1.82) is 0 Å². The number of alkyl halides is 3. The zero-order valence-corrected chi connectivity index (χ0v) is 19.2. The van der Waals surface area contributed by atoms with Gasteiger partial charge in [0.25, 0.3) is 0 Å². The highest BCUT2D eigenvalue weighted by Gasteiger charge is 2.31. The number of benzene rings is 2. The number of nitrogens with zero attached hydrogens (tertiary/aromatic N) is 3. The van der Waals surface area contributed by atoms with Gasteiger partial charge >= 0.3 is 6.36 Å². The SMILES string of the molecule is CN(C)CCNc1nc(NNc2ccc(Cl)cc2Cl)cc(-c2cccc(OC(F)(F)F)c2)n1. The van der Waals surface area contributed by atoms with E-state index in [9.17, 15) is 13.2 Å².